The Bertz CT molecular complexity index is 1350. The molecule has 2 aromatic heterocycles. The Morgan fingerprint density at radius 2 is 1.74 bits per heavy atom. The Morgan fingerprint density at radius 3 is 2.58 bits per heavy atom. The number of fused-ring (bicyclic) bond motifs is 6. The fourth-order valence-corrected chi connectivity index (χ4v) is 5.46. The number of carbonyl (C=O) groups is 2. The van der Waals surface area contributed by atoms with Crippen LogP contribution in [0.15, 0.2) is 54.7 Å². The van der Waals surface area contributed by atoms with Crippen LogP contribution in [0.1, 0.15) is 23.7 Å². The van der Waals surface area contributed by atoms with Gasteiger partial charge in [0.25, 0.3) is 5.91 Å². The third-order valence-corrected chi connectivity index (χ3v) is 7.08. The summed E-state index contributed by atoms with van der Waals surface area (Å²) in [5.74, 6) is 0.0183. The first kappa shape index (κ1) is 18.2. The normalized spacial score (nSPS) is 21.1. The second-order valence-electron chi connectivity index (χ2n) is 8.73. The first-order valence-electron chi connectivity index (χ1n) is 10.8. The summed E-state index contributed by atoms with van der Waals surface area (Å²) in [6.07, 6.45) is 3.48. The second-order valence-corrected chi connectivity index (χ2v) is 8.73. The predicted molar refractivity (Wildman–Crippen MR) is 120 cm³/mol. The zero-order valence-corrected chi connectivity index (χ0v) is 17.4. The van der Waals surface area contributed by atoms with Crippen LogP contribution in [-0.2, 0) is 28.0 Å². The van der Waals surface area contributed by atoms with E-state index < -0.39 is 5.54 Å². The number of nitrogens with one attached hydrogen (secondary N) is 2. The van der Waals surface area contributed by atoms with E-state index in [1.54, 1.807) is 9.80 Å². The molecular formula is C25H24N4O2. The van der Waals surface area contributed by atoms with Crippen LogP contribution < -0.4 is 0 Å². The third kappa shape index (κ3) is 2.51. The third-order valence-electron chi connectivity index (χ3n) is 7.08. The first-order chi connectivity index (χ1) is 15.1. The second kappa shape index (κ2) is 6.48. The van der Waals surface area contributed by atoms with Crippen molar-refractivity contribution in [3.05, 3.63) is 71.5 Å². The van der Waals surface area contributed by atoms with Crippen molar-refractivity contribution in [3.8, 4) is 0 Å². The number of aromatic nitrogens is 2. The predicted octanol–water partition coefficient (Wildman–Crippen LogP) is 3.33. The lowest BCUT2D eigenvalue weighted by atomic mass is 9.83. The average Bonchev–Trinajstić information content (AvgIpc) is 3.37. The van der Waals surface area contributed by atoms with Gasteiger partial charge in [0.05, 0.1) is 12.2 Å². The van der Waals surface area contributed by atoms with Crippen molar-refractivity contribution < 1.29 is 9.59 Å². The maximum absolute atomic E-state index is 13.8. The molecule has 6 nitrogen and oxygen atoms in total. The minimum absolute atomic E-state index is 0.000512. The highest BCUT2D eigenvalue weighted by atomic mass is 16.2. The van der Waals surface area contributed by atoms with Gasteiger partial charge in [-0.15, -0.1) is 0 Å². The molecule has 156 valence electrons. The topological polar surface area (TPSA) is 72.2 Å². The molecule has 1 atom stereocenters. The number of piperazine rings is 1. The maximum Gasteiger partial charge on any atom is 0.254 e. The Kier molecular flexibility index (Phi) is 3.81. The zero-order chi connectivity index (χ0) is 21.2. The Labute approximate surface area is 179 Å². The highest BCUT2D eigenvalue weighted by Gasteiger charge is 2.53. The molecule has 6 rings (SSSR count). The van der Waals surface area contributed by atoms with Gasteiger partial charge in [0.1, 0.15) is 0 Å². The molecule has 1 fully saturated rings. The molecule has 2 aliphatic heterocycles. The van der Waals surface area contributed by atoms with Gasteiger partial charge in [-0.2, -0.15) is 0 Å². The number of hydrogen-bond acceptors (Lipinski definition) is 2. The summed E-state index contributed by atoms with van der Waals surface area (Å²) in [6, 6.07) is 16.3. The lowest BCUT2D eigenvalue weighted by molar-refractivity contribution is -0.165. The molecule has 0 spiro atoms. The molecule has 2 amide bonds. The van der Waals surface area contributed by atoms with E-state index in [1.807, 2.05) is 49.5 Å². The quantitative estimate of drug-likeness (QED) is 0.542. The van der Waals surface area contributed by atoms with Crippen molar-refractivity contribution >= 4 is 33.6 Å². The number of benzene rings is 2. The lowest BCUT2D eigenvalue weighted by Gasteiger charge is -2.49. The monoisotopic (exact) mass is 412 g/mol. The summed E-state index contributed by atoms with van der Waals surface area (Å²) in [6.45, 7) is 3.14. The number of rotatable bonds is 3. The first-order valence-corrected chi connectivity index (χ1v) is 10.8. The number of aromatic amines is 2. The van der Waals surface area contributed by atoms with Gasteiger partial charge < -0.3 is 19.8 Å². The summed E-state index contributed by atoms with van der Waals surface area (Å²) in [5, 5.41) is 2.32. The summed E-state index contributed by atoms with van der Waals surface area (Å²) in [5.41, 5.74) is 4.32. The number of H-pyrrole nitrogens is 2. The molecular weight excluding hydrogens is 388 g/mol. The molecule has 4 heterocycles. The van der Waals surface area contributed by atoms with E-state index in [9.17, 15) is 9.59 Å². The van der Waals surface area contributed by atoms with Crippen LogP contribution >= 0.6 is 0 Å². The van der Waals surface area contributed by atoms with E-state index in [0.717, 1.165) is 34.1 Å². The number of hydrogen-bond donors (Lipinski definition) is 2. The lowest BCUT2D eigenvalue weighted by Crippen LogP contribution is -2.67. The van der Waals surface area contributed by atoms with Crippen LogP contribution in [0.5, 0.6) is 0 Å². The molecule has 0 saturated carbocycles. The van der Waals surface area contributed by atoms with E-state index >= 15 is 0 Å². The number of amides is 2. The van der Waals surface area contributed by atoms with Crippen LogP contribution in [0.25, 0.3) is 21.8 Å². The van der Waals surface area contributed by atoms with Gasteiger partial charge in [-0.1, -0.05) is 36.4 Å². The smallest absolute Gasteiger partial charge is 0.254 e. The number of para-hydroxylation sites is 2. The summed E-state index contributed by atoms with van der Waals surface area (Å²) in [7, 11) is 0. The maximum atomic E-state index is 13.8. The fraction of sp³-hybridized carbons (Fsp3) is 0.280. The van der Waals surface area contributed by atoms with Crippen LogP contribution in [0, 0.1) is 0 Å². The SMILES string of the molecule is C[C@@]12C(=O)N(CCc3c[nH]c4ccccc34)CC(=O)N1CCc1c2[nH]c2ccccc12. The molecule has 0 aliphatic carbocycles. The highest BCUT2D eigenvalue weighted by Crippen LogP contribution is 2.41. The van der Waals surface area contributed by atoms with Gasteiger partial charge in [-0.3, -0.25) is 9.59 Å². The molecule has 4 aromatic rings. The molecule has 2 aromatic carbocycles. The van der Waals surface area contributed by atoms with Gasteiger partial charge in [0, 0.05) is 41.1 Å². The van der Waals surface area contributed by atoms with Gasteiger partial charge in [-0.25, -0.2) is 0 Å². The van der Waals surface area contributed by atoms with Gasteiger partial charge >= 0.3 is 0 Å². The molecule has 6 heteroatoms. The minimum atomic E-state index is -0.984. The van der Waals surface area contributed by atoms with Crippen LogP contribution in [0.3, 0.4) is 0 Å². The van der Waals surface area contributed by atoms with E-state index in [1.165, 1.54) is 10.9 Å². The summed E-state index contributed by atoms with van der Waals surface area (Å²) >= 11 is 0. The molecule has 31 heavy (non-hydrogen) atoms. The Hall–Kier alpha value is -3.54. The van der Waals surface area contributed by atoms with Crippen molar-refractivity contribution in [1.82, 2.24) is 19.8 Å². The average molecular weight is 412 g/mol. The molecule has 1 saturated heterocycles. The van der Waals surface area contributed by atoms with Crippen LogP contribution in [-0.4, -0.2) is 51.2 Å². The molecule has 2 N–H and O–H groups in total. The molecule has 0 radical (unpaired) electrons. The number of nitrogens with zero attached hydrogens (tertiary/aromatic N) is 2. The van der Waals surface area contributed by atoms with Crippen molar-refractivity contribution in [2.75, 3.05) is 19.6 Å². The van der Waals surface area contributed by atoms with E-state index in [2.05, 4.69) is 22.1 Å². The van der Waals surface area contributed by atoms with Crippen molar-refractivity contribution in [2.24, 2.45) is 0 Å². The van der Waals surface area contributed by atoms with Crippen molar-refractivity contribution in [3.63, 3.8) is 0 Å². The fourth-order valence-electron chi connectivity index (χ4n) is 5.46. The highest BCUT2D eigenvalue weighted by molar-refractivity contribution is 6.00. The van der Waals surface area contributed by atoms with E-state index in [0.29, 0.717) is 19.5 Å². The van der Waals surface area contributed by atoms with Crippen LogP contribution in [0.2, 0.25) is 0 Å². The standard InChI is InChI=1S/C25H24N4O2/c1-25-23-19(18-7-3-5-9-21(18)27-23)11-13-29(25)22(30)15-28(24(25)31)12-10-16-14-26-20-8-4-2-6-17(16)20/h2-9,14,26-27H,10-13,15H2,1H3/t25-/m1/s1. The van der Waals surface area contributed by atoms with Gasteiger partial charge in [0.15, 0.2) is 5.54 Å². The number of carbonyl (C=O) groups excluding carboxylic acids is 2. The molecule has 0 unspecified atom stereocenters. The van der Waals surface area contributed by atoms with Crippen molar-refractivity contribution in [1.29, 1.82) is 0 Å². The van der Waals surface area contributed by atoms with Crippen molar-refractivity contribution in [2.45, 2.75) is 25.3 Å². The van der Waals surface area contributed by atoms with Crippen LogP contribution in [0.4, 0.5) is 0 Å². The van der Waals surface area contributed by atoms with E-state index in [4.69, 9.17) is 0 Å². The zero-order valence-electron chi connectivity index (χ0n) is 17.4. The minimum Gasteiger partial charge on any atom is -0.361 e. The van der Waals surface area contributed by atoms with Gasteiger partial charge in [0.2, 0.25) is 5.91 Å². The molecule has 0 bridgehead atoms. The van der Waals surface area contributed by atoms with Gasteiger partial charge in [-0.05, 0) is 43.0 Å². The Balaban J connectivity index is 1.35. The molecule has 2 aliphatic rings. The van der Waals surface area contributed by atoms with E-state index in [-0.39, 0.29) is 18.4 Å². The largest absolute Gasteiger partial charge is 0.361 e. The summed E-state index contributed by atoms with van der Waals surface area (Å²) < 4.78 is 0. The Morgan fingerprint density at radius 1 is 1.00 bits per heavy atom. The summed E-state index contributed by atoms with van der Waals surface area (Å²) in [4.78, 5) is 37.2.